The van der Waals surface area contributed by atoms with E-state index in [0.29, 0.717) is 12.0 Å². The molecule has 0 aromatic carbocycles. The van der Waals surface area contributed by atoms with Crippen LogP contribution in [0.25, 0.3) is 0 Å². The van der Waals surface area contributed by atoms with Crippen molar-refractivity contribution in [3.63, 3.8) is 0 Å². The monoisotopic (exact) mass is 320 g/mol. The first kappa shape index (κ1) is 15.5. The fourth-order valence-electron chi connectivity index (χ4n) is 3.77. The number of carbonyl (C=O) groups is 2. The fourth-order valence-corrected chi connectivity index (χ4v) is 4.40. The predicted octanol–water partition coefficient (Wildman–Crippen LogP) is 2.86. The maximum atomic E-state index is 12.7. The van der Waals surface area contributed by atoms with Gasteiger partial charge in [0.2, 0.25) is 5.91 Å². The van der Waals surface area contributed by atoms with Gasteiger partial charge in [-0.25, -0.2) is 0 Å². The molecule has 0 spiro atoms. The van der Waals surface area contributed by atoms with Crippen molar-refractivity contribution >= 4 is 23.2 Å². The van der Waals surface area contributed by atoms with E-state index in [1.54, 1.807) is 11.3 Å². The zero-order chi connectivity index (χ0) is 15.7. The van der Waals surface area contributed by atoms with E-state index in [-0.39, 0.29) is 17.7 Å². The van der Waals surface area contributed by atoms with Gasteiger partial charge < -0.3 is 9.80 Å². The Hall–Kier alpha value is -1.36. The molecule has 2 saturated heterocycles. The Labute approximate surface area is 136 Å². The molecular weight excluding hydrogens is 296 g/mol. The largest absolute Gasteiger partial charge is 0.342 e. The lowest BCUT2D eigenvalue weighted by Crippen LogP contribution is -2.57. The molecular formula is C17H24N2O2S. The molecule has 0 radical (unpaired) electrons. The van der Waals surface area contributed by atoms with Crippen LogP contribution >= 0.6 is 11.3 Å². The van der Waals surface area contributed by atoms with Gasteiger partial charge in [-0.1, -0.05) is 13.8 Å². The van der Waals surface area contributed by atoms with Crippen LogP contribution in [0.3, 0.4) is 0 Å². The molecule has 2 amide bonds. The highest BCUT2D eigenvalue weighted by Crippen LogP contribution is 2.32. The molecule has 3 heterocycles. The third-order valence-electron chi connectivity index (χ3n) is 4.90. The highest BCUT2D eigenvalue weighted by atomic mass is 32.1. The number of rotatable bonds is 2. The van der Waals surface area contributed by atoms with Gasteiger partial charge in [0.1, 0.15) is 0 Å². The molecule has 2 fully saturated rings. The maximum absolute atomic E-state index is 12.7. The molecule has 0 aliphatic carbocycles. The summed E-state index contributed by atoms with van der Waals surface area (Å²) in [6, 6.07) is 2.21. The van der Waals surface area contributed by atoms with Crippen molar-refractivity contribution in [2.45, 2.75) is 39.2 Å². The van der Waals surface area contributed by atoms with Crippen LogP contribution in [-0.2, 0) is 4.79 Å². The van der Waals surface area contributed by atoms with E-state index in [1.165, 1.54) is 0 Å². The van der Waals surface area contributed by atoms with Crippen LogP contribution in [0.4, 0.5) is 0 Å². The Morgan fingerprint density at radius 1 is 1.27 bits per heavy atom. The minimum absolute atomic E-state index is 0.0590. The first-order valence-electron chi connectivity index (χ1n) is 8.20. The zero-order valence-electron chi connectivity index (χ0n) is 13.3. The minimum atomic E-state index is 0.0590. The summed E-state index contributed by atoms with van der Waals surface area (Å²) < 4.78 is 0. The van der Waals surface area contributed by atoms with Crippen LogP contribution in [0.2, 0.25) is 0 Å². The van der Waals surface area contributed by atoms with Gasteiger partial charge in [-0.15, -0.1) is 0 Å². The van der Waals surface area contributed by atoms with Crippen LogP contribution < -0.4 is 0 Å². The molecule has 2 atom stereocenters. The standard InChI is InChI=1S/C17H24N2O2S/c1-12(2)16(20)18-8-5-15-13(10-18)4-3-7-19(15)17(21)14-6-9-22-11-14/h6,9,11-13,15H,3-5,7-8,10H2,1-2H3/t13-,15-/m1/s1. The number of piperidine rings is 2. The Morgan fingerprint density at radius 3 is 2.77 bits per heavy atom. The molecule has 2 aliphatic heterocycles. The van der Waals surface area contributed by atoms with E-state index >= 15 is 0 Å². The predicted molar refractivity (Wildman–Crippen MR) is 87.9 cm³/mol. The van der Waals surface area contributed by atoms with Crippen LogP contribution in [0.1, 0.15) is 43.5 Å². The molecule has 0 unspecified atom stereocenters. The van der Waals surface area contributed by atoms with Crippen molar-refractivity contribution in [2.75, 3.05) is 19.6 Å². The summed E-state index contributed by atoms with van der Waals surface area (Å²) >= 11 is 1.57. The maximum Gasteiger partial charge on any atom is 0.254 e. The molecule has 5 heteroatoms. The smallest absolute Gasteiger partial charge is 0.254 e. The van der Waals surface area contributed by atoms with Gasteiger partial charge in [0.15, 0.2) is 0 Å². The summed E-state index contributed by atoms with van der Waals surface area (Å²) in [5.74, 6) is 0.913. The molecule has 120 valence electrons. The lowest BCUT2D eigenvalue weighted by molar-refractivity contribution is -0.137. The topological polar surface area (TPSA) is 40.6 Å². The van der Waals surface area contributed by atoms with E-state index in [0.717, 1.165) is 44.5 Å². The molecule has 4 nitrogen and oxygen atoms in total. The number of thiophene rings is 1. The summed E-state index contributed by atoms with van der Waals surface area (Å²) in [5.41, 5.74) is 0.811. The molecule has 0 N–H and O–H groups in total. The van der Waals surface area contributed by atoms with Crippen LogP contribution in [-0.4, -0.2) is 47.3 Å². The molecule has 3 rings (SSSR count). The number of hydrogen-bond acceptors (Lipinski definition) is 3. The van der Waals surface area contributed by atoms with Crippen molar-refractivity contribution in [1.29, 1.82) is 0 Å². The molecule has 0 saturated carbocycles. The Bertz CT molecular complexity index is 541. The highest BCUT2D eigenvalue weighted by Gasteiger charge is 2.39. The second kappa shape index (κ2) is 6.41. The lowest BCUT2D eigenvalue weighted by Gasteiger charge is -2.47. The second-order valence-corrected chi connectivity index (χ2v) is 7.49. The summed E-state index contributed by atoms with van der Waals surface area (Å²) in [7, 11) is 0. The zero-order valence-corrected chi connectivity index (χ0v) is 14.1. The average molecular weight is 320 g/mol. The van der Waals surface area contributed by atoms with E-state index in [4.69, 9.17) is 0 Å². The van der Waals surface area contributed by atoms with Crippen molar-refractivity contribution in [3.05, 3.63) is 22.4 Å². The van der Waals surface area contributed by atoms with E-state index in [2.05, 4.69) is 4.90 Å². The molecule has 1 aromatic heterocycles. The van der Waals surface area contributed by atoms with Gasteiger partial charge in [0.05, 0.1) is 5.56 Å². The molecule has 2 aliphatic rings. The highest BCUT2D eigenvalue weighted by molar-refractivity contribution is 7.08. The number of likely N-dealkylation sites (tertiary alicyclic amines) is 2. The summed E-state index contributed by atoms with van der Waals surface area (Å²) in [6.07, 6.45) is 3.08. The van der Waals surface area contributed by atoms with Crippen LogP contribution in [0, 0.1) is 11.8 Å². The van der Waals surface area contributed by atoms with Gasteiger partial charge in [0.25, 0.3) is 5.91 Å². The first-order chi connectivity index (χ1) is 10.6. The van der Waals surface area contributed by atoms with Crippen LogP contribution in [0.15, 0.2) is 16.8 Å². The van der Waals surface area contributed by atoms with Gasteiger partial charge in [-0.3, -0.25) is 9.59 Å². The van der Waals surface area contributed by atoms with Gasteiger partial charge in [0, 0.05) is 37.0 Å². The Morgan fingerprint density at radius 2 is 2.09 bits per heavy atom. The second-order valence-electron chi connectivity index (χ2n) is 6.71. The SMILES string of the molecule is CC(C)C(=O)N1CC[C@@H]2[C@H](CCCN2C(=O)c2ccsc2)C1. The Kier molecular flexibility index (Phi) is 4.52. The summed E-state index contributed by atoms with van der Waals surface area (Å²) in [4.78, 5) is 29.0. The number of amides is 2. The van der Waals surface area contributed by atoms with E-state index < -0.39 is 0 Å². The quantitative estimate of drug-likeness (QED) is 0.841. The average Bonchev–Trinajstić information content (AvgIpc) is 3.06. The lowest BCUT2D eigenvalue weighted by atomic mass is 9.83. The van der Waals surface area contributed by atoms with E-state index in [9.17, 15) is 9.59 Å². The van der Waals surface area contributed by atoms with Crippen molar-refractivity contribution in [2.24, 2.45) is 11.8 Å². The normalized spacial score (nSPS) is 25.2. The van der Waals surface area contributed by atoms with Crippen molar-refractivity contribution < 1.29 is 9.59 Å². The number of fused-ring (bicyclic) bond motifs is 1. The van der Waals surface area contributed by atoms with E-state index in [1.807, 2.05) is 35.6 Å². The minimum Gasteiger partial charge on any atom is -0.342 e. The Balaban J connectivity index is 1.71. The van der Waals surface area contributed by atoms with Gasteiger partial charge >= 0.3 is 0 Å². The van der Waals surface area contributed by atoms with Gasteiger partial charge in [-0.2, -0.15) is 11.3 Å². The fraction of sp³-hybridized carbons (Fsp3) is 0.647. The number of nitrogens with zero attached hydrogens (tertiary/aromatic N) is 2. The molecule has 1 aromatic rings. The van der Waals surface area contributed by atoms with Gasteiger partial charge in [-0.05, 0) is 36.6 Å². The first-order valence-corrected chi connectivity index (χ1v) is 9.14. The number of carbonyl (C=O) groups excluding carboxylic acids is 2. The van der Waals surface area contributed by atoms with Crippen molar-refractivity contribution in [3.8, 4) is 0 Å². The number of hydrogen-bond donors (Lipinski definition) is 0. The molecule has 0 bridgehead atoms. The third kappa shape index (κ3) is 2.91. The molecule has 22 heavy (non-hydrogen) atoms. The van der Waals surface area contributed by atoms with Crippen LogP contribution in [0.5, 0.6) is 0 Å². The summed E-state index contributed by atoms with van der Waals surface area (Å²) in [5, 5.41) is 3.89. The van der Waals surface area contributed by atoms with Crippen molar-refractivity contribution in [1.82, 2.24) is 9.80 Å². The summed E-state index contributed by atoms with van der Waals surface area (Å²) in [6.45, 7) is 6.37. The third-order valence-corrected chi connectivity index (χ3v) is 5.59.